The maximum absolute atomic E-state index is 5.84. The molecule has 0 atom stereocenters. The van der Waals surface area contributed by atoms with Crippen LogP contribution in [0.3, 0.4) is 0 Å². The third-order valence-corrected chi connectivity index (χ3v) is 5.73. The Kier molecular flexibility index (Phi) is 10.7. The van der Waals surface area contributed by atoms with Gasteiger partial charge in [-0.25, -0.2) is 0 Å². The van der Waals surface area contributed by atoms with Crippen molar-refractivity contribution in [2.45, 2.75) is 34.1 Å². The van der Waals surface area contributed by atoms with E-state index in [0.29, 0.717) is 19.8 Å². The predicted molar refractivity (Wildman–Crippen MR) is 129 cm³/mol. The Morgan fingerprint density at radius 2 is 1.97 bits per heavy atom. The summed E-state index contributed by atoms with van der Waals surface area (Å²) in [4.78, 5) is 2.34. The molecule has 0 saturated heterocycles. The topological polar surface area (TPSA) is 21.7 Å². The minimum Gasteiger partial charge on any atom is -0.491 e. The number of benzene rings is 1. The fourth-order valence-corrected chi connectivity index (χ4v) is 3.34. The molecule has 0 aliphatic carbocycles. The van der Waals surface area contributed by atoms with Gasteiger partial charge < -0.3 is 9.47 Å². The lowest BCUT2D eigenvalue weighted by Gasteiger charge is -2.18. The van der Waals surface area contributed by atoms with E-state index in [1.165, 1.54) is 11.1 Å². The van der Waals surface area contributed by atoms with Crippen molar-refractivity contribution < 1.29 is 9.47 Å². The van der Waals surface area contributed by atoms with Crippen LogP contribution in [0.1, 0.15) is 34.1 Å². The summed E-state index contributed by atoms with van der Waals surface area (Å²) in [6.45, 7) is 13.3. The smallest absolute Gasteiger partial charge is 0.120 e. The number of allylic oxidation sites excluding steroid dienone is 1. The van der Waals surface area contributed by atoms with E-state index in [2.05, 4.69) is 79.5 Å². The molecule has 0 aliphatic rings. The second-order valence-electron chi connectivity index (χ2n) is 7.80. The SMILES string of the molecule is CCN(C/C=C/C#CC(C)(C)CC)CCOCCOc1cccc(-c2ccsc2)c1. The first-order chi connectivity index (χ1) is 14.5. The van der Waals surface area contributed by atoms with Gasteiger partial charge in [0.2, 0.25) is 0 Å². The van der Waals surface area contributed by atoms with Crippen LogP contribution in [0.15, 0.2) is 53.2 Å². The molecule has 2 aromatic rings. The minimum atomic E-state index is 0.0932. The molecule has 0 aliphatic heterocycles. The number of hydrogen-bond donors (Lipinski definition) is 0. The molecule has 0 N–H and O–H groups in total. The molecule has 1 aromatic heterocycles. The summed E-state index contributed by atoms with van der Waals surface area (Å²) in [6, 6.07) is 10.3. The van der Waals surface area contributed by atoms with E-state index >= 15 is 0 Å². The normalized spacial score (nSPS) is 11.6. The van der Waals surface area contributed by atoms with E-state index in [9.17, 15) is 0 Å². The molecule has 0 radical (unpaired) electrons. The average molecular weight is 426 g/mol. The lowest BCUT2D eigenvalue weighted by molar-refractivity contribution is 0.0832. The molecular weight excluding hydrogens is 390 g/mol. The van der Waals surface area contributed by atoms with Crippen LogP contribution in [-0.2, 0) is 4.74 Å². The van der Waals surface area contributed by atoms with E-state index in [1.54, 1.807) is 11.3 Å². The van der Waals surface area contributed by atoms with E-state index in [4.69, 9.17) is 9.47 Å². The summed E-state index contributed by atoms with van der Waals surface area (Å²) in [5, 5.41) is 4.24. The van der Waals surface area contributed by atoms with Gasteiger partial charge in [-0.15, -0.1) is 0 Å². The number of likely N-dealkylation sites (N-methyl/N-ethyl adjacent to an activating group) is 1. The molecule has 0 unspecified atom stereocenters. The molecule has 0 fully saturated rings. The second kappa shape index (κ2) is 13.3. The van der Waals surface area contributed by atoms with Crippen LogP contribution in [0.25, 0.3) is 11.1 Å². The second-order valence-corrected chi connectivity index (χ2v) is 8.58. The fourth-order valence-electron chi connectivity index (χ4n) is 2.67. The van der Waals surface area contributed by atoms with Gasteiger partial charge in [0.05, 0.1) is 13.2 Å². The summed E-state index contributed by atoms with van der Waals surface area (Å²) in [5.74, 6) is 7.35. The number of hydrogen-bond acceptors (Lipinski definition) is 4. The van der Waals surface area contributed by atoms with Gasteiger partial charge in [0.1, 0.15) is 12.4 Å². The van der Waals surface area contributed by atoms with Gasteiger partial charge in [0.25, 0.3) is 0 Å². The number of thiophene rings is 1. The highest BCUT2D eigenvalue weighted by atomic mass is 32.1. The van der Waals surface area contributed by atoms with E-state index in [0.717, 1.165) is 31.8 Å². The van der Waals surface area contributed by atoms with Gasteiger partial charge in [-0.05, 0) is 73.0 Å². The number of rotatable bonds is 12. The molecule has 0 saturated carbocycles. The number of nitrogens with zero attached hydrogens (tertiary/aromatic N) is 1. The van der Waals surface area contributed by atoms with Crippen LogP contribution in [0.2, 0.25) is 0 Å². The van der Waals surface area contributed by atoms with Crippen molar-refractivity contribution >= 4 is 11.3 Å². The van der Waals surface area contributed by atoms with Crippen LogP contribution >= 0.6 is 11.3 Å². The maximum atomic E-state index is 5.84. The average Bonchev–Trinajstić information content (AvgIpc) is 3.29. The quantitative estimate of drug-likeness (QED) is 0.302. The van der Waals surface area contributed by atoms with Crippen molar-refractivity contribution in [3.8, 4) is 28.7 Å². The van der Waals surface area contributed by atoms with Gasteiger partial charge in [-0.3, -0.25) is 4.90 Å². The molecule has 30 heavy (non-hydrogen) atoms. The lowest BCUT2D eigenvalue weighted by Crippen LogP contribution is -2.28. The van der Waals surface area contributed by atoms with Crippen molar-refractivity contribution in [2.75, 3.05) is 39.5 Å². The Morgan fingerprint density at radius 1 is 1.10 bits per heavy atom. The number of ether oxygens (including phenoxy) is 2. The van der Waals surface area contributed by atoms with Crippen molar-refractivity contribution in [1.29, 1.82) is 0 Å². The summed E-state index contributed by atoms with van der Waals surface area (Å²) in [7, 11) is 0. The monoisotopic (exact) mass is 425 g/mol. The van der Waals surface area contributed by atoms with Crippen LogP contribution in [0.4, 0.5) is 0 Å². The molecule has 0 amide bonds. The van der Waals surface area contributed by atoms with Crippen LogP contribution in [-0.4, -0.2) is 44.4 Å². The minimum absolute atomic E-state index is 0.0932. The van der Waals surface area contributed by atoms with E-state index in [-0.39, 0.29) is 5.41 Å². The predicted octanol–water partition coefficient (Wildman–Crippen LogP) is 6.13. The molecular formula is C26H35NO2S. The molecule has 3 nitrogen and oxygen atoms in total. The maximum Gasteiger partial charge on any atom is 0.120 e. The Labute approximate surface area is 186 Å². The first-order valence-electron chi connectivity index (χ1n) is 10.8. The Bertz CT molecular complexity index is 815. The zero-order valence-corrected chi connectivity index (χ0v) is 19.6. The Morgan fingerprint density at radius 3 is 2.70 bits per heavy atom. The first kappa shape index (κ1) is 24.2. The third kappa shape index (κ3) is 9.17. The summed E-state index contributed by atoms with van der Waals surface area (Å²) in [6.07, 6.45) is 5.17. The molecule has 162 valence electrons. The molecule has 4 heteroatoms. The van der Waals surface area contributed by atoms with Crippen molar-refractivity contribution in [1.82, 2.24) is 4.90 Å². The highest BCUT2D eigenvalue weighted by molar-refractivity contribution is 7.08. The molecule has 1 heterocycles. The van der Waals surface area contributed by atoms with Crippen LogP contribution in [0, 0.1) is 17.3 Å². The highest BCUT2D eigenvalue weighted by Gasteiger charge is 2.09. The lowest BCUT2D eigenvalue weighted by atomic mass is 9.91. The zero-order valence-electron chi connectivity index (χ0n) is 18.8. The summed E-state index contributed by atoms with van der Waals surface area (Å²) in [5.41, 5.74) is 2.51. The van der Waals surface area contributed by atoms with Crippen molar-refractivity contribution in [3.63, 3.8) is 0 Å². The van der Waals surface area contributed by atoms with E-state index in [1.807, 2.05) is 18.2 Å². The fraction of sp³-hybridized carbons (Fsp3) is 0.462. The van der Waals surface area contributed by atoms with Crippen LogP contribution < -0.4 is 4.74 Å². The Hall–Kier alpha value is -2.06. The molecule has 0 spiro atoms. The zero-order chi connectivity index (χ0) is 21.7. The van der Waals surface area contributed by atoms with E-state index < -0.39 is 0 Å². The molecule has 2 rings (SSSR count). The van der Waals surface area contributed by atoms with Gasteiger partial charge in [0.15, 0.2) is 0 Å². The van der Waals surface area contributed by atoms with Gasteiger partial charge in [-0.2, -0.15) is 11.3 Å². The van der Waals surface area contributed by atoms with Crippen molar-refractivity contribution in [3.05, 3.63) is 53.2 Å². The van der Waals surface area contributed by atoms with Crippen molar-refractivity contribution in [2.24, 2.45) is 5.41 Å². The van der Waals surface area contributed by atoms with Gasteiger partial charge in [0, 0.05) is 18.5 Å². The summed E-state index contributed by atoms with van der Waals surface area (Å²) < 4.78 is 11.6. The Balaban J connectivity index is 1.62. The standard InChI is InChI=1S/C26H35NO2S/c1-5-26(3,4)14-8-7-9-15-27(6-2)16-17-28-18-19-29-25-12-10-11-23(21-25)24-13-20-30-22-24/h7,9-13,20-22H,5-6,15-19H2,1-4H3/b9-7+. The largest absolute Gasteiger partial charge is 0.491 e. The van der Waals surface area contributed by atoms with Crippen LogP contribution in [0.5, 0.6) is 5.75 Å². The highest BCUT2D eigenvalue weighted by Crippen LogP contribution is 2.25. The van der Waals surface area contributed by atoms with Gasteiger partial charge >= 0.3 is 0 Å². The third-order valence-electron chi connectivity index (χ3n) is 5.04. The van der Waals surface area contributed by atoms with Gasteiger partial charge in [-0.1, -0.05) is 43.9 Å². The molecule has 0 bridgehead atoms. The summed E-state index contributed by atoms with van der Waals surface area (Å²) >= 11 is 1.70. The molecule has 1 aromatic carbocycles. The first-order valence-corrected chi connectivity index (χ1v) is 11.7.